The second-order valence-corrected chi connectivity index (χ2v) is 7.03. The zero-order chi connectivity index (χ0) is 16.3. The second kappa shape index (κ2) is 7.47. The van der Waals surface area contributed by atoms with E-state index < -0.39 is 12.0 Å². The largest absolute Gasteiger partial charge is 0.544 e. The first-order valence-electron chi connectivity index (χ1n) is 6.35. The highest BCUT2D eigenvalue weighted by atomic mass is 127. The van der Waals surface area contributed by atoms with Crippen LogP contribution in [0.3, 0.4) is 0 Å². The number of phenolic OH excluding ortho intramolecular Hbond substituents is 1. The van der Waals surface area contributed by atoms with Gasteiger partial charge in [-0.2, -0.15) is 0 Å². The van der Waals surface area contributed by atoms with Crippen LogP contribution in [-0.4, -0.2) is 17.1 Å². The molecule has 2 aromatic carbocycles. The topological polar surface area (TPSA) is 97.2 Å². The van der Waals surface area contributed by atoms with Crippen molar-refractivity contribution in [2.45, 2.75) is 12.5 Å². The van der Waals surface area contributed by atoms with Crippen LogP contribution in [0.15, 0.2) is 36.4 Å². The quantitative estimate of drug-likeness (QED) is 0.576. The Morgan fingerprint density at radius 2 is 1.77 bits per heavy atom. The van der Waals surface area contributed by atoms with Crippen molar-refractivity contribution in [1.82, 2.24) is 0 Å². The molecular formula is C15H13I2NO4. The summed E-state index contributed by atoms with van der Waals surface area (Å²) in [6.45, 7) is 0. The predicted molar refractivity (Wildman–Crippen MR) is 95.4 cm³/mol. The number of benzene rings is 2. The van der Waals surface area contributed by atoms with Crippen molar-refractivity contribution < 1.29 is 25.5 Å². The lowest BCUT2D eigenvalue weighted by Gasteiger charge is -2.14. The first-order valence-corrected chi connectivity index (χ1v) is 8.51. The number of rotatable bonds is 5. The molecule has 0 radical (unpaired) electrons. The van der Waals surface area contributed by atoms with Crippen LogP contribution < -0.4 is 15.6 Å². The maximum absolute atomic E-state index is 10.8. The SMILES string of the molecule is [NH3+]C(Cc1cc(I)c(Oc2ccc(O)cc2)c(I)c1)C(=O)[O-]. The van der Waals surface area contributed by atoms with E-state index in [-0.39, 0.29) is 5.75 Å². The minimum atomic E-state index is -1.16. The van der Waals surface area contributed by atoms with Crippen LogP contribution in [0.4, 0.5) is 0 Å². The lowest BCUT2D eigenvalue weighted by Crippen LogP contribution is -2.69. The van der Waals surface area contributed by atoms with Crippen LogP contribution in [0.25, 0.3) is 0 Å². The normalized spacial score (nSPS) is 12.0. The molecule has 0 saturated carbocycles. The number of aromatic hydroxyl groups is 1. The molecule has 0 amide bonds. The van der Waals surface area contributed by atoms with Gasteiger partial charge in [0.25, 0.3) is 0 Å². The number of carbonyl (C=O) groups is 1. The average molecular weight is 525 g/mol. The molecule has 22 heavy (non-hydrogen) atoms. The summed E-state index contributed by atoms with van der Waals surface area (Å²) in [5, 5.41) is 20.1. The number of phenols is 1. The van der Waals surface area contributed by atoms with Crippen molar-refractivity contribution in [3.05, 3.63) is 49.1 Å². The Morgan fingerprint density at radius 3 is 2.27 bits per heavy atom. The molecule has 0 aromatic heterocycles. The van der Waals surface area contributed by atoms with Crippen molar-refractivity contribution in [3.8, 4) is 17.2 Å². The smallest absolute Gasteiger partial charge is 0.154 e. The van der Waals surface area contributed by atoms with E-state index in [0.717, 1.165) is 12.7 Å². The Balaban J connectivity index is 2.23. The van der Waals surface area contributed by atoms with Gasteiger partial charge in [-0.3, -0.25) is 0 Å². The molecule has 5 nitrogen and oxygen atoms in total. The highest BCUT2D eigenvalue weighted by molar-refractivity contribution is 14.1. The molecule has 0 aliphatic carbocycles. The molecule has 0 aliphatic heterocycles. The number of carboxylic acids is 1. The molecule has 2 rings (SSSR count). The lowest BCUT2D eigenvalue weighted by atomic mass is 10.1. The van der Waals surface area contributed by atoms with Crippen LogP contribution in [0, 0.1) is 7.14 Å². The molecule has 1 atom stereocenters. The van der Waals surface area contributed by atoms with Gasteiger partial charge in [0.05, 0.1) is 13.1 Å². The minimum Gasteiger partial charge on any atom is -0.544 e. The Bertz CT molecular complexity index is 665. The van der Waals surface area contributed by atoms with E-state index in [4.69, 9.17) is 4.74 Å². The maximum atomic E-state index is 10.8. The standard InChI is InChI=1S/C15H13I2NO4/c16-11-5-8(7-13(18)15(20)21)6-12(17)14(11)22-10-3-1-9(19)2-4-10/h1-6,13,19H,7,18H2,(H,20,21). The summed E-state index contributed by atoms with van der Waals surface area (Å²) in [4.78, 5) is 10.8. The summed E-state index contributed by atoms with van der Waals surface area (Å²) in [5.74, 6) is 0.334. The summed E-state index contributed by atoms with van der Waals surface area (Å²) in [6.07, 6.45) is 0.313. The zero-order valence-corrected chi connectivity index (χ0v) is 15.7. The Labute approximate surface area is 154 Å². The van der Waals surface area contributed by atoms with Crippen LogP contribution in [0.1, 0.15) is 5.56 Å². The highest BCUT2D eigenvalue weighted by Crippen LogP contribution is 2.33. The zero-order valence-electron chi connectivity index (χ0n) is 11.4. The molecule has 0 bridgehead atoms. The fraction of sp³-hybridized carbons (Fsp3) is 0.133. The summed E-state index contributed by atoms with van der Waals surface area (Å²) < 4.78 is 7.58. The first kappa shape index (κ1) is 17.3. The molecule has 0 saturated heterocycles. The Kier molecular flexibility index (Phi) is 5.87. The maximum Gasteiger partial charge on any atom is 0.154 e. The number of aliphatic carboxylic acids is 1. The Morgan fingerprint density at radius 1 is 1.23 bits per heavy atom. The van der Waals surface area contributed by atoms with E-state index >= 15 is 0 Å². The summed E-state index contributed by atoms with van der Waals surface area (Å²) in [7, 11) is 0. The van der Waals surface area contributed by atoms with Gasteiger partial charge in [0, 0.05) is 6.42 Å². The monoisotopic (exact) mass is 525 g/mol. The lowest BCUT2D eigenvalue weighted by molar-refractivity contribution is -0.437. The van der Waals surface area contributed by atoms with Gasteiger partial charge in [0.15, 0.2) is 5.75 Å². The molecular weight excluding hydrogens is 512 g/mol. The molecule has 7 heteroatoms. The van der Waals surface area contributed by atoms with Gasteiger partial charge in [-0.25, -0.2) is 0 Å². The fourth-order valence-corrected chi connectivity index (χ4v) is 3.94. The van der Waals surface area contributed by atoms with Gasteiger partial charge in [-0.05, 0) is 87.1 Å². The number of carboxylic acid groups (broad SMARTS) is 1. The average Bonchev–Trinajstić information content (AvgIpc) is 2.44. The van der Waals surface area contributed by atoms with Crippen LogP contribution in [0.5, 0.6) is 17.2 Å². The van der Waals surface area contributed by atoms with E-state index in [2.05, 4.69) is 50.9 Å². The van der Waals surface area contributed by atoms with Gasteiger partial charge in [-0.15, -0.1) is 0 Å². The molecule has 2 aromatic rings. The van der Waals surface area contributed by atoms with E-state index in [1.165, 1.54) is 0 Å². The third kappa shape index (κ3) is 4.46. The van der Waals surface area contributed by atoms with Gasteiger partial charge in [0.2, 0.25) is 0 Å². The molecule has 116 valence electrons. The van der Waals surface area contributed by atoms with Crippen molar-refractivity contribution >= 4 is 51.2 Å². The van der Waals surface area contributed by atoms with Crippen LogP contribution >= 0.6 is 45.2 Å². The summed E-state index contributed by atoms with van der Waals surface area (Å²) in [5.41, 5.74) is 4.44. The number of hydrogen-bond acceptors (Lipinski definition) is 4. The number of ether oxygens (including phenoxy) is 1. The molecule has 4 N–H and O–H groups in total. The van der Waals surface area contributed by atoms with Crippen LogP contribution in [-0.2, 0) is 11.2 Å². The van der Waals surface area contributed by atoms with Crippen molar-refractivity contribution in [1.29, 1.82) is 0 Å². The van der Waals surface area contributed by atoms with E-state index in [0.29, 0.717) is 17.9 Å². The third-order valence-electron chi connectivity index (χ3n) is 2.93. The van der Waals surface area contributed by atoms with Crippen LogP contribution in [0.2, 0.25) is 0 Å². The third-order valence-corrected chi connectivity index (χ3v) is 4.53. The fourth-order valence-electron chi connectivity index (χ4n) is 1.83. The van der Waals surface area contributed by atoms with E-state index in [1.807, 2.05) is 12.1 Å². The highest BCUT2D eigenvalue weighted by Gasteiger charge is 2.14. The Hall–Kier alpha value is -1.07. The van der Waals surface area contributed by atoms with Crippen molar-refractivity contribution in [3.63, 3.8) is 0 Å². The molecule has 0 heterocycles. The summed E-state index contributed by atoms with van der Waals surface area (Å²) >= 11 is 4.29. The number of halogens is 2. The van der Waals surface area contributed by atoms with Gasteiger partial charge in [0.1, 0.15) is 17.5 Å². The van der Waals surface area contributed by atoms with Crippen molar-refractivity contribution in [2.24, 2.45) is 0 Å². The van der Waals surface area contributed by atoms with E-state index in [9.17, 15) is 15.0 Å². The molecule has 0 aliphatic rings. The van der Waals surface area contributed by atoms with Gasteiger partial charge < -0.3 is 25.5 Å². The number of carbonyl (C=O) groups excluding carboxylic acids is 1. The number of quaternary nitrogens is 1. The van der Waals surface area contributed by atoms with Gasteiger partial charge >= 0.3 is 0 Å². The van der Waals surface area contributed by atoms with Crippen molar-refractivity contribution in [2.75, 3.05) is 0 Å². The van der Waals surface area contributed by atoms with Gasteiger partial charge in [-0.1, -0.05) is 0 Å². The first-order chi connectivity index (χ1) is 10.4. The molecule has 1 unspecified atom stereocenters. The summed E-state index contributed by atoms with van der Waals surface area (Å²) in [6, 6.07) is 9.43. The minimum absolute atomic E-state index is 0.177. The van der Waals surface area contributed by atoms with E-state index in [1.54, 1.807) is 24.3 Å². The molecule has 0 spiro atoms. The predicted octanol–water partition coefficient (Wildman–Crippen LogP) is 1.30. The molecule has 0 fully saturated rings. The number of hydrogen-bond donors (Lipinski definition) is 2. The second-order valence-electron chi connectivity index (χ2n) is 4.70.